The van der Waals surface area contributed by atoms with Crippen LogP contribution in [0.1, 0.15) is 25.7 Å². The number of hydrogen-bond donors (Lipinski definition) is 1. The molecule has 1 amide bonds. The molecule has 0 aromatic rings. The number of amides is 1. The summed E-state index contributed by atoms with van der Waals surface area (Å²) >= 11 is 1.96. The van der Waals surface area contributed by atoms with Gasteiger partial charge in [-0.05, 0) is 31.6 Å². The van der Waals surface area contributed by atoms with E-state index in [1.54, 1.807) is 0 Å². The van der Waals surface area contributed by atoms with Gasteiger partial charge in [-0.3, -0.25) is 4.79 Å². The summed E-state index contributed by atoms with van der Waals surface area (Å²) in [4.78, 5) is 13.9. The van der Waals surface area contributed by atoms with Gasteiger partial charge in [0.15, 0.2) is 0 Å². The third-order valence-electron chi connectivity index (χ3n) is 3.43. The molecule has 2 saturated heterocycles. The quantitative estimate of drug-likeness (QED) is 0.839. The van der Waals surface area contributed by atoms with Gasteiger partial charge in [-0.2, -0.15) is 11.8 Å². The van der Waals surface area contributed by atoms with Gasteiger partial charge < -0.3 is 10.2 Å². The Kier molecular flexibility index (Phi) is 5.94. The fourth-order valence-corrected chi connectivity index (χ4v) is 3.58. The Bertz CT molecular complexity index is 228. The van der Waals surface area contributed by atoms with Crippen molar-refractivity contribution in [3.05, 3.63) is 0 Å². The lowest BCUT2D eigenvalue weighted by molar-refractivity contribution is -0.132. The van der Waals surface area contributed by atoms with Crippen LogP contribution < -0.4 is 5.32 Å². The van der Waals surface area contributed by atoms with Gasteiger partial charge in [-0.15, -0.1) is 12.4 Å². The first kappa shape index (κ1) is 14.1. The maximum Gasteiger partial charge on any atom is 0.224 e. The van der Waals surface area contributed by atoms with Gasteiger partial charge in [0.2, 0.25) is 5.91 Å². The molecule has 0 radical (unpaired) electrons. The normalized spacial score (nSPS) is 28.8. The van der Waals surface area contributed by atoms with Crippen molar-refractivity contribution in [2.24, 2.45) is 0 Å². The largest absolute Gasteiger partial charge is 0.342 e. The summed E-state index contributed by atoms with van der Waals surface area (Å²) in [6, 6.07) is 0.929. The number of thioether (sulfide) groups is 1. The highest BCUT2D eigenvalue weighted by molar-refractivity contribution is 7.99. The van der Waals surface area contributed by atoms with Gasteiger partial charge in [0.05, 0.1) is 0 Å². The molecule has 2 heterocycles. The number of halogens is 1. The molecule has 0 bridgehead atoms. The average Bonchev–Trinajstić information content (AvgIpc) is 2.88. The summed E-state index contributed by atoms with van der Waals surface area (Å²) in [5.74, 6) is 2.66. The predicted octanol–water partition coefficient (Wildman–Crippen LogP) is 1.51. The van der Waals surface area contributed by atoms with Gasteiger partial charge in [0, 0.05) is 31.3 Å². The van der Waals surface area contributed by atoms with Crippen LogP contribution in [0.5, 0.6) is 0 Å². The number of carbonyl (C=O) groups excluding carboxylic acids is 1. The van der Waals surface area contributed by atoms with Crippen molar-refractivity contribution in [1.82, 2.24) is 10.2 Å². The maximum absolute atomic E-state index is 12.0. The summed E-state index contributed by atoms with van der Waals surface area (Å²) in [7, 11) is 1.97. The SMILES string of the molecule is CN(C(=O)CC1CCCN1)C1CCSC1.Cl. The number of nitrogens with zero attached hydrogens (tertiary/aromatic N) is 1. The Morgan fingerprint density at radius 1 is 1.50 bits per heavy atom. The zero-order valence-electron chi connectivity index (χ0n) is 9.78. The van der Waals surface area contributed by atoms with E-state index in [1.807, 2.05) is 23.7 Å². The molecule has 2 aliphatic rings. The summed E-state index contributed by atoms with van der Waals surface area (Å²) < 4.78 is 0. The third kappa shape index (κ3) is 3.54. The number of hydrogen-bond acceptors (Lipinski definition) is 3. The molecule has 16 heavy (non-hydrogen) atoms. The van der Waals surface area contributed by atoms with Crippen molar-refractivity contribution in [3.63, 3.8) is 0 Å². The average molecular weight is 265 g/mol. The van der Waals surface area contributed by atoms with Crippen LogP contribution in [0.25, 0.3) is 0 Å². The van der Waals surface area contributed by atoms with Crippen LogP contribution in [-0.2, 0) is 4.79 Å². The van der Waals surface area contributed by atoms with E-state index < -0.39 is 0 Å². The molecular weight excluding hydrogens is 244 g/mol. The van der Waals surface area contributed by atoms with Crippen molar-refractivity contribution in [2.75, 3.05) is 25.1 Å². The number of rotatable bonds is 3. The molecule has 0 aromatic carbocycles. The minimum atomic E-state index is 0. The van der Waals surface area contributed by atoms with Crippen LogP contribution in [0, 0.1) is 0 Å². The lowest BCUT2D eigenvalue weighted by Gasteiger charge is -2.25. The summed E-state index contributed by atoms with van der Waals surface area (Å²) in [5.41, 5.74) is 0. The molecule has 2 fully saturated rings. The fourth-order valence-electron chi connectivity index (χ4n) is 2.32. The molecule has 2 atom stereocenters. The molecule has 2 rings (SSSR count). The summed E-state index contributed by atoms with van der Waals surface area (Å²) in [6.45, 7) is 1.08. The summed E-state index contributed by atoms with van der Waals surface area (Å²) in [5, 5.41) is 3.38. The highest BCUT2D eigenvalue weighted by atomic mass is 35.5. The molecule has 0 spiro atoms. The molecule has 0 aliphatic carbocycles. The van der Waals surface area contributed by atoms with E-state index in [2.05, 4.69) is 5.32 Å². The van der Waals surface area contributed by atoms with Gasteiger partial charge in [0.25, 0.3) is 0 Å². The van der Waals surface area contributed by atoms with Crippen LogP contribution >= 0.6 is 24.2 Å². The van der Waals surface area contributed by atoms with E-state index in [4.69, 9.17) is 0 Å². The first-order valence-electron chi connectivity index (χ1n) is 5.84. The van der Waals surface area contributed by atoms with E-state index >= 15 is 0 Å². The smallest absolute Gasteiger partial charge is 0.224 e. The zero-order chi connectivity index (χ0) is 10.7. The molecule has 94 valence electrons. The first-order chi connectivity index (χ1) is 7.27. The van der Waals surface area contributed by atoms with E-state index in [1.165, 1.54) is 25.0 Å². The Morgan fingerprint density at radius 3 is 2.88 bits per heavy atom. The lowest BCUT2D eigenvalue weighted by atomic mass is 10.1. The molecule has 1 N–H and O–H groups in total. The minimum absolute atomic E-state index is 0. The van der Waals surface area contributed by atoms with Crippen molar-refractivity contribution in [2.45, 2.75) is 37.8 Å². The Hall–Kier alpha value is 0.0700. The first-order valence-corrected chi connectivity index (χ1v) is 6.99. The highest BCUT2D eigenvalue weighted by Gasteiger charge is 2.26. The van der Waals surface area contributed by atoms with Crippen molar-refractivity contribution in [1.29, 1.82) is 0 Å². The van der Waals surface area contributed by atoms with Crippen LogP contribution in [0.3, 0.4) is 0 Å². The van der Waals surface area contributed by atoms with Crippen LogP contribution in [0.2, 0.25) is 0 Å². The van der Waals surface area contributed by atoms with Crippen LogP contribution in [0.15, 0.2) is 0 Å². The Morgan fingerprint density at radius 2 is 2.31 bits per heavy atom. The minimum Gasteiger partial charge on any atom is -0.342 e. The van der Waals surface area contributed by atoms with E-state index in [0.717, 1.165) is 12.3 Å². The molecule has 3 nitrogen and oxygen atoms in total. The summed E-state index contributed by atoms with van der Waals surface area (Å²) in [6.07, 6.45) is 4.25. The van der Waals surface area contributed by atoms with Crippen LogP contribution in [-0.4, -0.2) is 48.0 Å². The zero-order valence-corrected chi connectivity index (χ0v) is 11.4. The predicted molar refractivity (Wildman–Crippen MR) is 71.4 cm³/mol. The van der Waals surface area contributed by atoms with Gasteiger partial charge in [-0.1, -0.05) is 0 Å². The van der Waals surface area contributed by atoms with Gasteiger partial charge >= 0.3 is 0 Å². The number of nitrogens with one attached hydrogen (secondary N) is 1. The molecule has 0 saturated carbocycles. The Balaban J connectivity index is 0.00000128. The van der Waals surface area contributed by atoms with Gasteiger partial charge in [-0.25, -0.2) is 0 Å². The monoisotopic (exact) mass is 264 g/mol. The standard InChI is InChI=1S/C11H20N2OS.ClH/c1-13(10-4-6-15-8-10)11(14)7-9-3-2-5-12-9;/h9-10,12H,2-8H2,1H3;1H. The molecule has 5 heteroatoms. The third-order valence-corrected chi connectivity index (χ3v) is 4.58. The second-order valence-corrected chi connectivity index (χ2v) is 5.67. The van der Waals surface area contributed by atoms with Gasteiger partial charge in [0.1, 0.15) is 0 Å². The number of carbonyl (C=O) groups is 1. The highest BCUT2D eigenvalue weighted by Crippen LogP contribution is 2.22. The maximum atomic E-state index is 12.0. The second-order valence-electron chi connectivity index (χ2n) is 4.52. The van der Waals surface area contributed by atoms with Crippen molar-refractivity contribution < 1.29 is 4.79 Å². The van der Waals surface area contributed by atoms with E-state index in [-0.39, 0.29) is 12.4 Å². The molecule has 2 aliphatic heterocycles. The van der Waals surface area contributed by atoms with Crippen molar-refractivity contribution >= 4 is 30.1 Å². The Labute approximate surface area is 108 Å². The second kappa shape index (κ2) is 6.72. The molecule has 2 unspecified atom stereocenters. The lowest BCUT2D eigenvalue weighted by Crippen LogP contribution is -2.40. The fraction of sp³-hybridized carbons (Fsp3) is 0.909. The van der Waals surface area contributed by atoms with Crippen LogP contribution in [0.4, 0.5) is 0 Å². The van der Waals surface area contributed by atoms with E-state index in [9.17, 15) is 4.79 Å². The molecular formula is C11H21ClN2OS. The molecule has 0 aromatic heterocycles. The van der Waals surface area contributed by atoms with Crippen molar-refractivity contribution in [3.8, 4) is 0 Å². The van der Waals surface area contributed by atoms with E-state index in [0.29, 0.717) is 24.4 Å². The topological polar surface area (TPSA) is 32.3 Å².